The van der Waals surface area contributed by atoms with E-state index in [0.717, 1.165) is 22.3 Å². The Bertz CT molecular complexity index is 1960. The van der Waals surface area contributed by atoms with Crippen molar-refractivity contribution in [1.82, 2.24) is 25.6 Å². The minimum atomic E-state index is -3.92. The molecule has 1 heterocycles. The summed E-state index contributed by atoms with van der Waals surface area (Å²) in [5.41, 5.74) is 0.935. The van der Waals surface area contributed by atoms with E-state index < -0.39 is 85.8 Å². The van der Waals surface area contributed by atoms with Gasteiger partial charge in [-0.1, -0.05) is 75.4 Å². The minimum Gasteiger partial charge on any atom is -0.449 e. The van der Waals surface area contributed by atoms with Gasteiger partial charge in [0.25, 0.3) is 5.91 Å². The van der Waals surface area contributed by atoms with Gasteiger partial charge in [-0.25, -0.2) is 18.0 Å². The van der Waals surface area contributed by atoms with Crippen LogP contribution in [0.5, 0.6) is 0 Å². The SMILES string of the molecule is C=CC1CC1(NC(=O)[C@@H]1CC(NC(=O)OCC2c3ccccc3-c3ccccc32)CN1C(=O)[C@H](NC(=O)OC(C)(C)C)C(C)(C)C)C(=O)NS(=O)(=O)C1CC1. The molecule has 6 rings (SSSR count). The molecule has 1 saturated heterocycles. The lowest BCUT2D eigenvalue weighted by Gasteiger charge is -2.36. The van der Waals surface area contributed by atoms with Crippen LogP contribution in [0.1, 0.15) is 84.3 Å². The number of benzene rings is 2. The van der Waals surface area contributed by atoms with Crippen LogP contribution >= 0.6 is 0 Å². The molecule has 1 aliphatic heterocycles. The van der Waals surface area contributed by atoms with Crippen molar-refractivity contribution < 1.29 is 41.9 Å². The topological polar surface area (TPSA) is 189 Å². The normalized spacial score (nSPS) is 23.7. The second-order valence-corrected chi connectivity index (χ2v) is 19.0. The highest BCUT2D eigenvalue weighted by atomic mass is 32.2. The molecular formula is C40H51N5O9S. The quantitative estimate of drug-likeness (QED) is 0.244. The molecule has 3 aliphatic carbocycles. The number of nitrogens with one attached hydrogen (secondary N) is 4. The first-order valence-electron chi connectivity index (χ1n) is 18.7. The number of sulfonamides is 1. The van der Waals surface area contributed by atoms with E-state index in [2.05, 4.69) is 27.3 Å². The van der Waals surface area contributed by atoms with Gasteiger partial charge in [-0.3, -0.25) is 19.1 Å². The second kappa shape index (κ2) is 14.6. The number of rotatable bonds is 11. The Morgan fingerprint density at radius 3 is 2.07 bits per heavy atom. The van der Waals surface area contributed by atoms with Crippen LogP contribution in [0.15, 0.2) is 61.2 Å². The van der Waals surface area contributed by atoms with Gasteiger partial charge in [0, 0.05) is 18.4 Å². The van der Waals surface area contributed by atoms with Gasteiger partial charge >= 0.3 is 12.2 Å². The van der Waals surface area contributed by atoms with Gasteiger partial charge in [0.1, 0.15) is 29.8 Å². The first-order chi connectivity index (χ1) is 25.7. The Morgan fingerprint density at radius 2 is 1.55 bits per heavy atom. The fraction of sp³-hybridized carbons (Fsp3) is 0.525. The number of ether oxygens (including phenoxy) is 2. The van der Waals surface area contributed by atoms with Crippen LogP contribution in [0.25, 0.3) is 11.1 Å². The number of amides is 5. The second-order valence-electron chi connectivity index (χ2n) is 17.0. The number of nitrogens with zero attached hydrogens (tertiary/aromatic N) is 1. The van der Waals surface area contributed by atoms with Crippen LogP contribution in [0.2, 0.25) is 0 Å². The lowest BCUT2D eigenvalue weighted by atomic mass is 9.85. The number of fused-ring (bicyclic) bond motifs is 3. The third-order valence-corrected chi connectivity index (χ3v) is 12.4. The summed E-state index contributed by atoms with van der Waals surface area (Å²) in [5.74, 6) is -2.95. The highest BCUT2D eigenvalue weighted by Gasteiger charge is 2.62. The zero-order chi connectivity index (χ0) is 40.1. The van der Waals surface area contributed by atoms with Crippen molar-refractivity contribution in [3.8, 4) is 11.1 Å². The molecule has 296 valence electrons. The van der Waals surface area contributed by atoms with E-state index in [-0.39, 0.29) is 31.9 Å². The van der Waals surface area contributed by atoms with E-state index in [1.807, 2.05) is 48.5 Å². The van der Waals surface area contributed by atoms with Crippen molar-refractivity contribution in [2.75, 3.05) is 13.2 Å². The van der Waals surface area contributed by atoms with E-state index in [1.54, 1.807) is 41.5 Å². The van der Waals surface area contributed by atoms with Crippen molar-refractivity contribution in [2.24, 2.45) is 11.3 Å². The summed E-state index contributed by atoms with van der Waals surface area (Å²) in [6.07, 6.45) is 0.849. The van der Waals surface area contributed by atoms with Crippen molar-refractivity contribution in [3.05, 3.63) is 72.3 Å². The lowest BCUT2D eigenvalue weighted by Crippen LogP contribution is -2.60. The van der Waals surface area contributed by atoms with E-state index in [1.165, 1.54) is 11.0 Å². The van der Waals surface area contributed by atoms with Crippen LogP contribution < -0.4 is 20.7 Å². The van der Waals surface area contributed by atoms with E-state index in [0.29, 0.717) is 12.8 Å². The first-order valence-corrected chi connectivity index (χ1v) is 20.2. The minimum absolute atomic E-state index is 0.0510. The molecule has 0 bridgehead atoms. The highest BCUT2D eigenvalue weighted by Crippen LogP contribution is 2.46. The number of carbonyl (C=O) groups is 5. The van der Waals surface area contributed by atoms with Crippen LogP contribution in [-0.2, 0) is 33.9 Å². The average molecular weight is 778 g/mol. The summed E-state index contributed by atoms with van der Waals surface area (Å²) in [6.45, 7) is 14.0. The van der Waals surface area contributed by atoms with Crippen molar-refractivity contribution in [2.45, 2.75) is 108 Å². The van der Waals surface area contributed by atoms with Crippen LogP contribution in [0.4, 0.5) is 9.59 Å². The fourth-order valence-corrected chi connectivity index (χ4v) is 8.86. The first kappa shape index (κ1) is 39.8. The Morgan fingerprint density at radius 1 is 0.945 bits per heavy atom. The standard InChI is InChI=1S/C40H51N5O9S/c1-8-23-20-40(23,35(48)44-55(51,52)25-17-18-25)43-33(46)31-19-24(21-45(31)34(47)32(38(2,3)4)42-37(50)54-39(5,6)7)41-36(49)53-22-30-28-15-11-9-13-26(28)27-14-10-12-16-29(27)30/h8-16,23-25,30-32H,1,17-22H2,2-7H3,(H,41,49)(H,42,50)(H,43,46)(H,44,48)/t23?,24?,31-,32-,40?/m0/s1. The lowest BCUT2D eigenvalue weighted by molar-refractivity contribution is -0.143. The molecule has 4 N–H and O–H groups in total. The Balaban J connectivity index is 1.21. The number of hydrogen-bond donors (Lipinski definition) is 4. The van der Waals surface area contributed by atoms with Gasteiger partial charge in [0.15, 0.2) is 0 Å². The number of hydrogen-bond acceptors (Lipinski definition) is 9. The molecule has 2 aromatic rings. The van der Waals surface area contributed by atoms with Gasteiger partial charge < -0.3 is 30.3 Å². The Kier molecular flexibility index (Phi) is 10.6. The predicted molar refractivity (Wildman–Crippen MR) is 204 cm³/mol. The molecular weight excluding hydrogens is 727 g/mol. The molecule has 0 radical (unpaired) electrons. The molecule has 3 unspecified atom stereocenters. The third-order valence-electron chi connectivity index (χ3n) is 10.6. The molecule has 2 saturated carbocycles. The highest BCUT2D eigenvalue weighted by molar-refractivity contribution is 7.91. The zero-order valence-electron chi connectivity index (χ0n) is 32.1. The predicted octanol–water partition coefficient (Wildman–Crippen LogP) is 4.10. The van der Waals surface area contributed by atoms with Crippen LogP contribution in [0, 0.1) is 11.3 Å². The molecule has 14 nitrogen and oxygen atoms in total. The maximum Gasteiger partial charge on any atom is 0.408 e. The summed E-state index contributed by atoms with van der Waals surface area (Å²) in [5, 5.41) is 7.57. The van der Waals surface area contributed by atoms with E-state index in [4.69, 9.17) is 9.47 Å². The number of likely N-dealkylation sites (tertiary alicyclic amines) is 1. The average Bonchev–Trinajstić information content (AvgIpc) is 4.01. The maximum absolute atomic E-state index is 14.4. The van der Waals surface area contributed by atoms with Gasteiger partial charge in [0.2, 0.25) is 21.8 Å². The maximum atomic E-state index is 14.4. The number of carbonyl (C=O) groups excluding carboxylic acids is 5. The van der Waals surface area contributed by atoms with Crippen molar-refractivity contribution in [3.63, 3.8) is 0 Å². The fourth-order valence-electron chi connectivity index (χ4n) is 7.50. The largest absolute Gasteiger partial charge is 0.449 e. The molecule has 3 fully saturated rings. The van der Waals surface area contributed by atoms with Gasteiger partial charge in [-0.2, -0.15) is 0 Å². The van der Waals surface area contributed by atoms with Crippen LogP contribution in [0.3, 0.4) is 0 Å². The van der Waals surface area contributed by atoms with Crippen molar-refractivity contribution >= 4 is 39.9 Å². The molecule has 5 atom stereocenters. The summed E-state index contributed by atoms with van der Waals surface area (Å²) in [4.78, 5) is 69.7. The van der Waals surface area contributed by atoms with Gasteiger partial charge in [0.05, 0.1) is 11.3 Å². The molecule has 5 amide bonds. The van der Waals surface area contributed by atoms with Crippen LogP contribution in [-0.4, -0.2) is 90.9 Å². The molecule has 15 heteroatoms. The van der Waals surface area contributed by atoms with E-state index >= 15 is 0 Å². The van der Waals surface area contributed by atoms with E-state index in [9.17, 15) is 32.4 Å². The Labute approximate surface area is 322 Å². The third kappa shape index (κ3) is 8.51. The summed E-state index contributed by atoms with van der Waals surface area (Å²) in [6, 6.07) is 12.7. The molecule has 4 aliphatic rings. The monoisotopic (exact) mass is 777 g/mol. The molecule has 0 aromatic heterocycles. The van der Waals surface area contributed by atoms with Crippen molar-refractivity contribution in [1.29, 1.82) is 0 Å². The molecule has 2 aromatic carbocycles. The summed E-state index contributed by atoms with van der Waals surface area (Å²) >= 11 is 0. The molecule has 55 heavy (non-hydrogen) atoms. The summed E-state index contributed by atoms with van der Waals surface area (Å²) in [7, 11) is -3.92. The number of alkyl carbamates (subject to hydrolysis) is 2. The van der Waals surface area contributed by atoms with Gasteiger partial charge in [-0.05, 0) is 74.1 Å². The molecule has 0 spiro atoms. The smallest absolute Gasteiger partial charge is 0.408 e. The Hall–Kier alpha value is -4.92. The van der Waals surface area contributed by atoms with Gasteiger partial charge in [-0.15, -0.1) is 6.58 Å². The zero-order valence-corrected chi connectivity index (χ0v) is 33.0. The summed E-state index contributed by atoms with van der Waals surface area (Å²) < 4.78 is 38.7.